The molecule has 204 valence electrons. The first-order valence-electron chi connectivity index (χ1n) is 12.8. The number of hydrogen-bond donors (Lipinski definition) is 2. The number of para-hydroxylation sites is 1. The van der Waals surface area contributed by atoms with Crippen LogP contribution < -0.4 is 10.6 Å². The number of likely N-dealkylation sites (tertiary alicyclic amines) is 1. The maximum atomic E-state index is 14.0. The maximum absolute atomic E-state index is 14.0. The number of aromatic nitrogens is 2. The fraction of sp³-hybridized carbons (Fsp3) is 0.429. The molecule has 2 amide bonds. The number of hydrogen-bond acceptors (Lipinski definition) is 5. The van der Waals surface area contributed by atoms with Crippen LogP contribution in [0.5, 0.6) is 0 Å². The fourth-order valence-electron chi connectivity index (χ4n) is 4.89. The third-order valence-electron chi connectivity index (χ3n) is 6.91. The summed E-state index contributed by atoms with van der Waals surface area (Å²) >= 11 is 0. The van der Waals surface area contributed by atoms with Crippen molar-refractivity contribution in [2.45, 2.75) is 31.7 Å². The van der Waals surface area contributed by atoms with Gasteiger partial charge in [0, 0.05) is 51.9 Å². The number of anilines is 1. The van der Waals surface area contributed by atoms with Gasteiger partial charge in [-0.15, -0.1) is 0 Å². The van der Waals surface area contributed by atoms with Crippen molar-refractivity contribution in [2.75, 3.05) is 52.4 Å². The fourth-order valence-corrected chi connectivity index (χ4v) is 4.89. The summed E-state index contributed by atoms with van der Waals surface area (Å²) in [4.78, 5) is 15.5. The Hall–Kier alpha value is -3.34. The molecule has 0 saturated carbocycles. The van der Waals surface area contributed by atoms with Gasteiger partial charge >= 0.3 is 6.03 Å². The van der Waals surface area contributed by atoms with Crippen LogP contribution in [0, 0.1) is 18.6 Å². The van der Waals surface area contributed by atoms with Gasteiger partial charge < -0.3 is 14.8 Å². The Kier molecular flexibility index (Phi) is 9.43. The van der Waals surface area contributed by atoms with Gasteiger partial charge in [-0.2, -0.15) is 5.10 Å². The quantitative estimate of drug-likeness (QED) is 0.364. The van der Waals surface area contributed by atoms with Gasteiger partial charge in [0.15, 0.2) is 11.6 Å². The third kappa shape index (κ3) is 6.56. The van der Waals surface area contributed by atoms with E-state index in [-0.39, 0.29) is 18.0 Å². The molecular weight excluding hydrogens is 492 g/mol. The van der Waals surface area contributed by atoms with Crippen molar-refractivity contribution in [3.63, 3.8) is 0 Å². The Balaban J connectivity index is 1.55. The van der Waals surface area contributed by atoms with Crippen LogP contribution in [0.3, 0.4) is 0 Å². The second kappa shape index (κ2) is 12.9. The highest BCUT2D eigenvalue weighted by Crippen LogP contribution is 2.29. The number of carbonyl (C=O) groups excluding carboxylic acids is 1. The number of nitrogens with one attached hydrogen (secondary N) is 2. The standard InChI is InChI=1S/C28H35F2N5O3/c1-19-25(10-7-14-37-2)33-35(21-8-5-4-6-9-21)27(19)32-28(36)31-26-18-34(13-15-38-3)17-22(26)20-11-12-23(29)24(30)16-20/h4-6,8-9,11-12,16,22,26H,7,10,13-15,17-18H2,1-3H3,(H2,31,32,36). The van der Waals surface area contributed by atoms with Crippen LogP contribution in [0.1, 0.15) is 29.2 Å². The van der Waals surface area contributed by atoms with Crippen LogP contribution in [0.15, 0.2) is 48.5 Å². The molecule has 38 heavy (non-hydrogen) atoms. The predicted octanol–water partition coefficient (Wildman–Crippen LogP) is 4.27. The predicted molar refractivity (Wildman–Crippen MR) is 142 cm³/mol. The molecule has 1 saturated heterocycles. The highest BCUT2D eigenvalue weighted by atomic mass is 19.2. The molecular formula is C28H35F2N5O3. The van der Waals surface area contributed by atoms with Crippen molar-refractivity contribution < 1.29 is 23.0 Å². The summed E-state index contributed by atoms with van der Waals surface area (Å²) in [6.07, 6.45) is 1.52. The minimum Gasteiger partial charge on any atom is -0.385 e. The summed E-state index contributed by atoms with van der Waals surface area (Å²) in [6.45, 7) is 4.90. The number of carbonyl (C=O) groups is 1. The Morgan fingerprint density at radius 1 is 1.05 bits per heavy atom. The average Bonchev–Trinajstić information content (AvgIpc) is 3.45. The first kappa shape index (κ1) is 27.7. The molecule has 1 aromatic heterocycles. The summed E-state index contributed by atoms with van der Waals surface area (Å²) in [7, 11) is 3.30. The number of methoxy groups -OCH3 is 2. The Bertz CT molecular complexity index is 1220. The van der Waals surface area contributed by atoms with Gasteiger partial charge in [-0.3, -0.25) is 10.2 Å². The van der Waals surface area contributed by atoms with Gasteiger partial charge in [-0.25, -0.2) is 18.3 Å². The molecule has 0 spiro atoms. The number of aryl methyl sites for hydroxylation is 1. The zero-order valence-electron chi connectivity index (χ0n) is 22.0. The molecule has 2 aromatic carbocycles. The van der Waals surface area contributed by atoms with E-state index in [4.69, 9.17) is 14.6 Å². The lowest BCUT2D eigenvalue weighted by molar-refractivity contribution is 0.159. The van der Waals surface area contributed by atoms with Crippen LogP contribution >= 0.6 is 0 Å². The van der Waals surface area contributed by atoms with E-state index in [0.29, 0.717) is 50.7 Å². The van der Waals surface area contributed by atoms with Gasteiger partial charge in [0.2, 0.25) is 0 Å². The molecule has 1 aliphatic heterocycles. The molecule has 2 N–H and O–H groups in total. The second-order valence-corrected chi connectivity index (χ2v) is 9.50. The molecule has 3 aromatic rings. The number of benzene rings is 2. The maximum Gasteiger partial charge on any atom is 0.320 e. The zero-order chi connectivity index (χ0) is 27.1. The first-order chi connectivity index (χ1) is 18.4. The average molecular weight is 528 g/mol. The smallest absolute Gasteiger partial charge is 0.320 e. The normalized spacial score (nSPS) is 17.6. The van der Waals surface area contributed by atoms with E-state index >= 15 is 0 Å². The molecule has 0 aliphatic carbocycles. The van der Waals surface area contributed by atoms with Crippen molar-refractivity contribution >= 4 is 11.8 Å². The number of amides is 2. The minimum absolute atomic E-state index is 0.211. The lowest BCUT2D eigenvalue weighted by Crippen LogP contribution is -2.42. The van der Waals surface area contributed by atoms with Crippen molar-refractivity contribution in [1.29, 1.82) is 0 Å². The lowest BCUT2D eigenvalue weighted by atomic mass is 9.94. The van der Waals surface area contributed by atoms with E-state index in [1.165, 1.54) is 6.07 Å². The van der Waals surface area contributed by atoms with Gasteiger partial charge in [0.05, 0.1) is 24.0 Å². The molecule has 10 heteroatoms. The molecule has 4 rings (SSSR count). The lowest BCUT2D eigenvalue weighted by Gasteiger charge is -2.21. The van der Waals surface area contributed by atoms with Gasteiger partial charge in [-0.1, -0.05) is 24.3 Å². The molecule has 0 radical (unpaired) electrons. The van der Waals surface area contributed by atoms with Crippen molar-refractivity contribution in [2.24, 2.45) is 0 Å². The number of rotatable bonds is 11. The molecule has 1 fully saturated rings. The second-order valence-electron chi connectivity index (χ2n) is 9.50. The van der Waals surface area contributed by atoms with E-state index in [2.05, 4.69) is 15.5 Å². The molecule has 2 atom stereocenters. The Morgan fingerprint density at radius 3 is 2.53 bits per heavy atom. The largest absolute Gasteiger partial charge is 0.385 e. The van der Waals surface area contributed by atoms with Crippen molar-refractivity contribution in [3.05, 3.63) is 77.0 Å². The van der Waals surface area contributed by atoms with E-state index in [1.807, 2.05) is 37.3 Å². The van der Waals surface area contributed by atoms with Gasteiger partial charge in [-0.05, 0) is 49.6 Å². The van der Waals surface area contributed by atoms with Crippen LogP contribution in [0.4, 0.5) is 19.4 Å². The van der Waals surface area contributed by atoms with E-state index in [1.54, 1.807) is 25.0 Å². The van der Waals surface area contributed by atoms with E-state index in [9.17, 15) is 13.6 Å². The zero-order valence-corrected chi connectivity index (χ0v) is 22.0. The monoisotopic (exact) mass is 527 g/mol. The minimum atomic E-state index is -0.899. The highest BCUT2D eigenvalue weighted by Gasteiger charge is 2.35. The molecule has 1 aliphatic rings. The van der Waals surface area contributed by atoms with Crippen LogP contribution in [0.25, 0.3) is 5.69 Å². The van der Waals surface area contributed by atoms with E-state index < -0.39 is 11.6 Å². The summed E-state index contributed by atoms with van der Waals surface area (Å²) in [5.74, 6) is -1.42. The summed E-state index contributed by atoms with van der Waals surface area (Å²) in [5, 5.41) is 10.9. The Morgan fingerprint density at radius 2 is 1.82 bits per heavy atom. The van der Waals surface area contributed by atoms with Crippen LogP contribution in [0.2, 0.25) is 0 Å². The Labute approximate surface area is 221 Å². The molecule has 8 nitrogen and oxygen atoms in total. The number of halogens is 2. The van der Waals surface area contributed by atoms with Crippen molar-refractivity contribution in [3.8, 4) is 5.69 Å². The summed E-state index contributed by atoms with van der Waals surface area (Å²) < 4.78 is 39.8. The number of nitrogens with zero attached hydrogens (tertiary/aromatic N) is 3. The highest BCUT2D eigenvalue weighted by molar-refractivity contribution is 5.90. The van der Waals surface area contributed by atoms with E-state index in [0.717, 1.165) is 29.4 Å². The number of urea groups is 1. The van der Waals surface area contributed by atoms with Crippen LogP contribution in [-0.2, 0) is 15.9 Å². The van der Waals surface area contributed by atoms with Crippen molar-refractivity contribution in [1.82, 2.24) is 20.0 Å². The molecule has 2 heterocycles. The summed E-state index contributed by atoms with van der Waals surface area (Å²) in [6, 6.07) is 12.8. The van der Waals surface area contributed by atoms with Gasteiger partial charge in [0.1, 0.15) is 5.82 Å². The summed E-state index contributed by atoms with van der Waals surface area (Å²) in [5.41, 5.74) is 3.23. The topological polar surface area (TPSA) is 80.6 Å². The van der Waals surface area contributed by atoms with Gasteiger partial charge in [0.25, 0.3) is 0 Å². The molecule has 2 unspecified atom stereocenters. The number of ether oxygens (including phenoxy) is 2. The first-order valence-corrected chi connectivity index (χ1v) is 12.8. The SMILES string of the molecule is COCCCc1nn(-c2ccccc2)c(NC(=O)NC2CN(CCOC)CC2c2ccc(F)c(F)c2)c1C. The molecule has 0 bridgehead atoms. The third-order valence-corrected chi connectivity index (χ3v) is 6.91. The van der Waals surface area contributed by atoms with Crippen LogP contribution in [-0.4, -0.2) is 73.8 Å².